The summed E-state index contributed by atoms with van der Waals surface area (Å²) < 4.78 is 11.5. The van der Waals surface area contributed by atoms with Crippen LogP contribution in [0.5, 0.6) is 0 Å². The summed E-state index contributed by atoms with van der Waals surface area (Å²) in [5, 5.41) is 11.5. The number of allylic oxidation sites excluding steroid dienone is 6. The first-order valence-corrected chi connectivity index (χ1v) is 10.8. The second-order valence-corrected chi connectivity index (χ2v) is 9.69. The number of methoxy groups -OCH3 is 1. The van der Waals surface area contributed by atoms with Gasteiger partial charge in [-0.3, -0.25) is 9.59 Å². The smallest absolute Gasteiger partial charge is 0.181 e. The van der Waals surface area contributed by atoms with Crippen LogP contribution >= 0.6 is 0 Å². The van der Waals surface area contributed by atoms with Crippen molar-refractivity contribution in [2.24, 2.45) is 11.3 Å². The van der Waals surface area contributed by atoms with Crippen LogP contribution in [0.4, 0.5) is 0 Å². The first kappa shape index (κ1) is 24.9. The van der Waals surface area contributed by atoms with E-state index < -0.39 is 11.0 Å². The Morgan fingerprint density at radius 3 is 2.10 bits per heavy atom. The number of Topliss-reactive ketones (excluding diaryl/α,β-unsaturated/α-hetero) is 2. The Hall–Kier alpha value is -2.40. The lowest BCUT2D eigenvalue weighted by Gasteiger charge is -2.34. The lowest BCUT2D eigenvalue weighted by molar-refractivity contribution is -0.116. The van der Waals surface area contributed by atoms with Crippen LogP contribution in [0.2, 0.25) is 0 Å². The van der Waals surface area contributed by atoms with E-state index in [0.717, 1.165) is 11.1 Å². The number of ketones is 2. The fourth-order valence-corrected chi connectivity index (χ4v) is 3.59. The second kappa shape index (κ2) is 8.99. The molecule has 5 heteroatoms. The van der Waals surface area contributed by atoms with Crippen LogP contribution in [-0.4, -0.2) is 23.8 Å². The molecule has 1 aromatic heterocycles. The average Bonchev–Trinajstić information content (AvgIpc) is 3.13. The number of carbonyl (C=O) groups is 2. The van der Waals surface area contributed by atoms with Crippen molar-refractivity contribution in [2.45, 2.75) is 73.8 Å². The molecule has 1 aromatic rings. The van der Waals surface area contributed by atoms with E-state index in [1.807, 2.05) is 53.7 Å². The predicted octanol–water partition coefficient (Wildman–Crippen LogP) is 6.55. The van der Waals surface area contributed by atoms with Crippen molar-refractivity contribution in [3.05, 3.63) is 52.2 Å². The molecule has 31 heavy (non-hydrogen) atoms. The van der Waals surface area contributed by atoms with E-state index in [4.69, 9.17) is 9.15 Å². The lowest BCUT2D eigenvalue weighted by atomic mass is 9.67. The molecule has 170 valence electrons. The quantitative estimate of drug-likeness (QED) is 0.475. The molecular weight excluding hydrogens is 392 g/mol. The van der Waals surface area contributed by atoms with Gasteiger partial charge in [-0.25, -0.2) is 0 Å². The van der Waals surface area contributed by atoms with Crippen LogP contribution in [-0.2, 0) is 15.1 Å². The second-order valence-electron chi connectivity index (χ2n) is 9.69. The van der Waals surface area contributed by atoms with Gasteiger partial charge in [0.1, 0.15) is 17.1 Å². The largest absolute Gasteiger partial charge is 0.510 e. The van der Waals surface area contributed by atoms with Crippen LogP contribution in [0.25, 0.3) is 5.57 Å². The number of fused-ring (bicyclic) bond motifs is 1. The summed E-state index contributed by atoms with van der Waals surface area (Å²) in [6.45, 7) is 15.0. The fraction of sp³-hybridized carbons (Fsp3) is 0.538. The zero-order chi connectivity index (χ0) is 23.7. The summed E-state index contributed by atoms with van der Waals surface area (Å²) in [4.78, 5) is 27.1. The normalized spacial score (nSPS) is 15.7. The third-order valence-electron chi connectivity index (χ3n) is 5.92. The summed E-state index contributed by atoms with van der Waals surface area (Å²) >= 11 is 0. The summed E-state index contributed by atoms with van der Waals surface area (Å²) in [5.41, 5.74) is 0.459. The zero-order valence-electron chi connectivity index (χ0n) is 20.3. The van der Waals surface area contributed by atoms with E-state index in [2.05, 4.69) is 0 Å². The molecule has 0 bridgehead atoms. The van der Waals surface area contributed by atoms with Gasteiger partial charge in [-0.05, 0) is 60.5 Å². The van der Waals surface area contributed by atoms with Crippen molar-refractivity contribution in [2.75, 3.05) is 7.11 Å². The monoisotopic (exact) mass is 428 g/mol. The number of rotatable bonds is 8. The Labute approximate surface area is 185 Å². The number of hydrogen-bond donors (Lipinski definition) is 1. The molecule has 1 aliphatic rings. The third-order valence-corrected chi connectivity index (χ3v) is 5.92. The molecule has 0 fully saturated rings. The van der Waals surface area contributed by atoms with E-state index in [1.54, 1.807) is 27.0 Å². The third kappa shape index (κ3) is 4.62. The van der Waals surface area contributed by atoms with Gasteiger partial charge in [0.05, 0.1) is 16.6 Å². The fourth-order valence-electron chi connectivity index (χ4n) is 3.59. The van der Waals surface area contributed by atoms with Gasteiger partial charge >= 0.3 is 0 Å². The first-order valence-electron chi connectivity index (χ1n) is 10.8. The maximum Gasteiger partial charge on any atom is 0.181 e. The summed E-state index contributed by atoms with van der Waals surface area (Å²) in [6, 6.07) is 1.67. The van der Waals surface area contributed by atoms with Crippen molar-refractivity contribution < 1.29 is 23.8 Å². The minimum absolute atomic E-state index is 0.104. The molecule has 0 unspecified atom stereocenters. The standard InChI is InChI=1S/C26H36O5/c1-15(2)10-12-26(13-11-16(3)4)23(28)18-14-19(25(7,8)30-9)31-22(18)20(24(26)29)21(27)17(5)6/h10-11,14,17,29H,12-13H2,1-9H3. The molecule has 0 aliphatic heterocycles. The highest BCUT2D eigenvalue weighted by Crippen LogP contribution is 2.49. The van der Waals surface area contributed by atoms with Gasteiger partial charge in [0.15, 0.2) is 17.3 Å². The van der Waals surface area contributed by atoms with Crippen LogP contribution in [0.1, 0.15) is 90.1 Å². The number of aliphatic hydroxyl groups is 1. The van der Waals surface area contributed by atoms with Crippen molar-refractivity contribution in [3.8, 4) is 0 Å². The van der Waals surface area contributed by atoms with Crippen LogP contribution in [0, 0.1) is 11.3 Å². The summed E-state index contributed by atoms with van der Waals surface area (Å²) in [5.74, 6) is -0.471. The highest BCUT2D eigenvalue weighted by atomic mass is 16.5. The molecule has 0 spiro atoms. The van der Waals surface area contributed by atoms with Crippen molar-refractivity contribution in [1.82, 2.24) is 0 Å². The highest BCUT2D eigenvalue weighted by molar-refractivity contribution is 6.27. The number of hydrogen-bond acceptors (Lipinski definition) is 5. The minimum atomic E-state index is -1.25. The van der Waals surface area contributed by atoms with Gasteiger partial charge in [-0.2, -0.15) is 0 Å². The molecule has 1 aliphatic carbocycles. The number of ether oxygens (including phenoxy) is 1. The van der Waals surface area contributed by atoms with Crippen molar-refractivity contribution in [3.63, 3.8) is 0 Å². The van der Waals surface area contributed by atoms with Crippen LogP contribution in [0.15, 0.2) is 39.5 Å². The van der Waals surface area contributed by atoms with E-state index in [1.165, 1.54) is 0 Å². The van der Waals surface area contributed by atoms with Gasteiger partial charge in [-0.15, -0.1) is 0 Å². The van der Waals surface area contributed by atoms with Gasteiger partial charge in [0.2, 0.25) is 0 Å². The Kier molecular flexibility index (Phi) is 7.21. The Bertz CT molecular complexity index is 938. The SMILES string of the molecule is COC(C)(C)c1cc2c(o1)C(C(=O)C(C)C)=C(O)C(CC=C(C)C)(CC=C(C)C)C2=O. The Balaban J connectivity index is 2.89. The van der Waals surface area contributed by atoms with E-state index in [9.17, 15) is 14.7 Å². The molecule has 1 heterocycles. The molecule has 0 amide bonds. The van der Waals surface area contributed by atoms with Crippen LogP contribution in [0.3, 0.4) is 0 Å². The predicted molar refractivity (Wildman–Crippen MR) is 123 cm³/mol. The molecule has 0 atom stereocenters. The van der Waals surface area contributed by atoms with Gasteiger partial charge in [-0.1, -0.05) is 37.1 Å². The zero-order valence-corrected chi connectivity index (χ0v) is 20.3. The van der Waals surface area contributed by atoms with E-state index >= 15 is 0 Å². The maximum atomic E-state index is 13.9. The number of aliphatic hydroxyl groups excluding tert-OH is 1. The lowest BCUT2D eigenvalue weighted by Crippen LogP contribution is -2.38. The maximum absolute atomic E-state index is 13.9. The summed E-state index contributed by atoms with van der Waals surface area (Å²) in [6.07, 6.45) is 4.48. The molecule has 0 saturated carbocycles. The van der Waals surface area contributed by atoms with E-state index in [0.29, 0.717) is 24.2 Å². The van der Waals surface area contributed by atoms with Crippen molar-refractivity contribution >= 4 is 17.1 Å². The van der Waals surface area contributed by atoms with Gasteiger partial charge in [0, 0.05) is 13.0 Å². The molecule has 0 aromatic carbocycles. The minimum Gasteiger partial charge on any atom is -0.510 e. The number of carbonyl (C=O) groups excluding carboxylic acids is 2. The first-order chi connectivity index (χ1) is 14.3. The Morgan fingerprint density at radius 1 is 1.16 bits per heavy atom. The van der Waals surface area contributed by atoms with Crippen LogP contribution < -0.4 is 0 Å². The van der Waals surface area contributed by atoms with Gasteiger partial charge in [0.25, 0.3) is 0 Å². The molecular formula is C26H36O5. The molecule has 5 nitrogen and oxygen atoms in total. The van der Waals surface area contributed by atoms with Gasteiger partial charge < -0.3 is 14.3 Å². The van der Waals surface area contributed by atoms with E-state index in [-0.39, 0.29) is 34.6 Å². The number of furan rings is 1. The molecule has 2 rings (SSSR count). The highest BCUT2D eigenvalue weighted by Gasteiger charge is 2.51. The Morgan fingerprint density at radius 2 is 1.68 bits per heavy atom. The summed E-state index contributed by atoms with van der Waals surface area (Å²) in [7, 11) is 1.56. The molecule has 0 saturated heterocycles. The molecule has 0 radical (unpaired) electrons. The van der Waals surface area contributed by atoms with Crippen molar-refractivity contribution in [1.29, 1.82) is 0 Å². The topological polar surface area (TPSA) is 76.7 Å². The molecule has 1 N–H and O–H groups in total. The average molecular weight is 429 g/mol.